The largest absolute Gasteiger partial charge is 0.374 e. The Hall–Kier alpha value is -2.51. The first-order valence-corrected chi connectivity index (χ1v) is 8.84. The molecule has 2 aromatic rings. The summed E-state index contributed by atoms with van der Waals surface area (Å²) in [4.78, 5) is 12.5. The fraction of sp³-hybridized carbons (Fsp3) is 0.300. The molecule has 0 heterocycles. The molecule has 0 saturated carbocycles. The third-order valence-corrected chi connectivity index (χ3v) is 4.83. The molecule has 0 aromatic heterocycles. The van der Waals surface area contributed by atoms with E-state index < -0.39 is 0 Å². The Morgan fingerprint density at radius 1 is 1.24 bits per heavy atom. The van der Waals surface area contributed by atoms with E-state index in [2.05, 4.69) is 16.7 Å². The van der Waals surface area contributed by atoms with Crippen molar-refractivity contribution < 1.29 is 4.79 Å². The highest BCUT2D eigenvalue weighted by Crippen LogP contribution is 2.28. The Balaban J connectivity index is 1.69. The van der Waals surface area contributed by atoms with Crippen LogP contribution in [0.4, 0.5) is 11.4 Å². The molecule has 1 unspecified atom stereocenters. The van der Waals surface area contributed by atoms with Gasteiger partial charge >= 0.3 is 0 Å². The number of hydrogen-bond acceptors (Lipinski definition) is 3. The molecular formula is C20H20ClN3O. The van der Waals surface area contributed by atoms with Crippen molar-refractivity contribution in [2.75, 3.05) is 10.6 Å². The van der Waals surface area contributed by atoms with Crippen molar-refractivity contribution in [3.63, 3.8) is 0 Å². The highest BCUT2D eigenvalue weighted by atomic mass is 35.5. The summed E-state index contributed by atoms with van der Waals surface area (Å²) in [7, 11) is 0. The summed E-state index contributed by atoms with van der Waals surface area (Å²) in [5.41, 5.74) is 4.72. The van der Waals surface area contributed by atoms with Gasteiger partial charge in [0.2, 0.25) is 5.91 Å². The van der Waals surface area contributed by atoms with Crippen LogP contribution < -0.4 is 10.6 Å². The molecule has 0 bridgehead atoms. The fourth-order valence-corrected chi connectivity index (χ4v) is 3.37. The third kappa shape index (κ3) is 3.94. The first-order valence-electron chi connectivity index (χ1n) is 8.46. The average molecular weight is 354 g/mol. The number of nitriles is 1. The number of benzene rings is 2. The summed E-state index contributed by atoms with van der Waals surface area (Å²) in [6, 6.07) is 12.7. The minimum absolute atomic E-state index is 0.144. The topological polar surface area (TPSA) is 64.9 Å². The van der Waals surface area contributed by atoms with E-state index in [9.17, 15) is 4.79 Å². The molecule has 0 spiro atoms. The maximum Gasteiger partial charge on any atom is 0.246 e. The van der Waals surface area contributed by atoms with Crippen molar-refractivity contribution in [2.45, 2.75) is 38.6 Å². The molecule has 0 aliphatic heterocycles. The summed E-state index contributed by atoms with van der Waals surface area (Å²) in [6.45, 7) is 1.84. The Morgan fingerprint density at radius 3 is 2.80 bits per heavy atom. The summed E-state index contributed by atoms with van der Waals surface area (Å²) in [6.07, 6.45) is 4.58. The minimum Gasteiger partial charge on any atom is -0.374 e. The molecule has 1 amide bonds. The standard InChI is InChI=1S/C20H20ClN3O/c1-13(20(25)24-16-10-9-15(12-22)18(21)11-16)23-19-8-4-6-14-5-2-3-7-17(14)19/h4,6,8-11,13,23H,2-3,5,7H2,1H3,(H,24,25). The van der Waals surface area contributed by atoms with Gasteiger partial charge in [0.25, 0.3) is 0 Å². The van der Waals surface area contributed by atoms with Gasteiger partial charge in [0.1, 0.15) is 12.1 Å². The maximum atomic E-state index is 12.5. The molecule has 2 aromatic carbocycles. The summed E-state index contributed by atoms with van der Waals surface area (Å²) >= 11 is 6.01. The van der Waals surface area contributed by atoms with E-state index in [-0.39, 0.29) is 11.9 Å². The zero-order chi connectivity index (χ0) is 17.8. The van der Waals surface area contributed by atoms with Crippen LogP contribution in [0.1, 0.15) is 36.5 Å². The lowest BCUT2D eigenvalue weighted by Gasteiger charge is -2.22. The number of aryl methyl sites for hydroxylation is 1. The van der Waals surface area contributed by atoms with Gasteiger partial charge in [0.15, 0.2) is 0 Å². The van der Waals surface area contributed by atoms with E-state index in [1.165, 1.54) is 24.0 Å². The normalized spacial score (nSPS) is 14.1. The molecular weight excluding hydrogens is 334 g/mol. The van der Waals surface area contributed by atoms with Crippen molar-refractivity contribution >= 4 is 28.9 Å². The summed E-state index contributed by atoms with van der Waals surface area (Å²) in [5.74, 6) is -0.144. The zero-order valence-corrected chi connectivity index (χ0v) is 14.9. The number of amides is 1. The Morgan fingerprint density at radius 2 is 2.04 bits per heavy atom. The second-order valence-corrected chi connectivity index (χ2v) is 6.72. The second kappa shape index (κ2) is 7.58. The lowest BCUT2D eigenvalue weighted by Crippen LogP contribution is -2.32. The van der Waals surface area contributed by atoms with E-state index in [4.69, 9.17) is 16.9 Å². The van der Waals surface area contributed by atoms with E-state index in [0.29, 0.717) is 16.3 Å². The molecule has 4 nitrogen and oxygen atoms in total. The molecule has 0 fully saturated rings. The van der Waals surface area contributed by atoms with Crippen LogP contribution in [0.3, 0.4) is 0 Å². The second-order valence-electron chi connectivity index (χ2n) is 6.31. The maximum absolute atomic E-state index is 12.5. The molecule has 1 aliphatic rings. The Kier molecular flexibility index (Phi) is 5.25. The van der Waals surface area contributed by atoms with Gasteiger partial charge in [-0.3, -0.25) is 4.79 Å². The van der Waals surface area contributed by atoms with Gasteiger partial charge in [-0.1, -0.05) is 23.7 Å². The first-order chi connectivity index (χ1) is 12.1. The van der Waals surface area contributed by atoms with E-state index in [1.807, 2.05) is 25.1 Å². The molecule has 3 rings (SSSR count). The van der Waals surface area contributed by atoms with Crippen molar-refractivity contribution in [3.05, 3.63) is 58.1 Å². The minimum atomic E-state index is -0.386. The van der Waals surface area contributed by atoms with Gasteiger partial charge in [0.05, 0.1) is 10.6 Å². The lowest BCUT2D eigenvalue weighted by atomic mass is 9.90. The molecule has 25 heavy (non-hydrogen) atoms. The van der Waals surface area contributed by atoms with Gasteiger partial charge < -0.3 is 10.6 Å². The van der Waals surface area contributed by atoms with Crippen LogP contribution in [0.25, 0.3) is 0 Å². The van der Waals surface area contributed by atoms with Crippen LogP contribution in [0, 0.1) is 11.3 Å². The number of nitrogens with one attached hydrogen (secondary N) is 2. The number of halogens is 1. The number of rotatable bonds is 4. The molecule has 5 heteroatoms. The van der Waals surface area contributed by atoms with Crippen molar-refractivity contribution in [3.8, 4) is 6.07 Å². The molecule has 128 valence electrons. The predicted molar refractivity (Wildman–Crippen MR) is 101 cm³/mol. The van der Waals surface area contributed by atoms with Crippen LogP contribution in [-0.2, 0) is 17.6 Å². The summed E-state index contributed by atoms with van der Waals surface area (Å²) < 4.78 is 0. The van der Waals surface area contributed by atoms with Gasteiger partial charge in [-0.2, -0.15) is 5.26 Å². The van der Waals surface area contributed by atoms with Crippen LogP contribution in [0.2, 0.25) is 5.02 Å². The quantitative estimate of drug-likeness (QED) is 0.848. The van der Waals surface area contributed by atoms with Gasteiger partial charge in [-0.05, 0) is 68.0 Å². The zero-order valence-electron chi connectivity index (χ0n) is 14.1. The summed E-state index contributed by atoms with van der Waals surface area (Å²) in [5, 5.41) is 15.4. The van der Waals surface area contributed by atoms with Gasteiger partial charge in [-0.25, -0.2) is 0 Å². The number of anilines is 2. The molecule has 1 aliphatic carbocycles. The number of carbonyl (C=O) groups excluding carboxylic acids is 1. The van der Waals surface area contributed by atoms with Gasteiger partial charge in [-0.15, -0.1) is 0 Å². The lowest BCUT2D eigenvalue weighted by molar-refractivity contribution is -0.116. The van der Waals surface area contributed by atoms with Crippen LogP contribution in [0.5, 0.6) is 0 Å². The highest BCUT2D eigenvalue weighted by molar-refractivity contribution is 6.32. The van der Waals surface area contributed by atoms with E-state index in [0.717, 1.165) is 18.5 Å². The SMILES string of the molecule is CC(Nc1cccc2c1CCCC2)C(=O)Nc1ccc(C#N)c(Cl)c1. The van der Waals surface area contributed by atoms with Crippen molar-refractivity contribution in [1.82, 2.24) is 0 Å². The fourth-order valence-electron chi connectivity index (χ4n) is 3.15. The van der Waals surface area contributed by atoms with Crippen LogP contribution in [0.15, 0.2) is 36.4 Å². The molecule has 0 radical (unpaired) electrons. The van der Waals surface area contributed by atoms with Crippen LogP contribution in [-0.4, -0.2) is 11.9 Å². The van der Waals surface area contributed by atoms with Crippen LogP contribution >= 0.6 is 11.6 Å². The highest BCUT2D eigenvalue weighted by Gasteiger charge is 2.18. The molecule has 1 atom stereocenters. The number of fused-ring (bicyclic) bond motifs is 1. The number of hydrogen-bond donors (Lipinski definition) is 2. The van der Waals surface area contributed by atoms with Crippen molar-refractivity contribution in [2.24, 2.45) is 0 Å². The Labute approximate surface area is 152 Å². The number of nitrogens with zero attached hydrogens (tertiary/aromatic N) is 1. The van der Waals surface area contributed by atoms with Crippen molar-refractivity contribution in [1.29, 1.82) is 5.26 Å². The van der Waals surface area contributed by atoms with E-state index in [1.54, 1.807) is 18.2 Å². The Bertz CT molecular complexity index is 841. The van der Waals surface area contributed by atoms with E-state index >= 15 is 0 Å². The smallest absolute Gasteiger partial charge is 0.246 e. The molecule has 0 saturated heterocycles. The molecule has 2 N–H and O–H groups in total. The number of carbonyl (C=O) groups is 1. The average Bonchev–Trinajstić information content (AvgIpc) is 2.62. The predicted octanol–water partition coefficient (Wildman–Crippen LogP) is 4.53. The first kappa shape index (κ1) is 17.3. The monoisotopic (exact) mass is 353 g/mol. The third-order valence-electron chi connectivity index (χ3n) is 4.52. The van der Waals surface area contributed by atoms with Gasteiger partial charge in [0, 0.05) is 11.4 Å².